The summed E-state index contributed by atoms with van der Waals surface area (Å²) in [5, 5.41) is 12.3. The van der Waals surface area contributed by atoms with E-state index in [2.05, 4.69) is 49.1 Å². The monoisotopic (exact) mass is 394 g/mol. The van der Waals surface area contributed by atoms with Gasteiger partial charge >= 0.3 is 0 Å². The summed E-state index contributed by atoms with van der Waals surface area (Å²) in [7, 11) is 3.90. The Morgan fingerprint density at radius 2 is 1.59 bits per heavy atom. The lowest BCUT2D eigenvalue weighted by Crippen LogP contribution is -2.48. The zero-order chi connectivity index (χ0) is 20.4. The number of hydrogen-bond acceptors (Lipinski definition) is 9. The minimum atomic E-state index is 0.243. The number of piperazine rings is 1. The van der Waals surface area contributed by atoms with Crippen molar-refractivity contribution in [3.05, 3.63) is 36.2 Å². The molecule has 1 aromatic carbocycles. The molecule has 2 aromatic heterocycles. The van der Waals surface area contributed by atoms with Crippen molar-refractivity contribution in [1.29, 1.82) is 0 Å². The molecule has 3 aromatic rings. The van der Waals surface area contributed by atoms with Gasteiger partial charge in [-0.15, -0.1) is 0 Å². The first kappa shape index (κ1) is 19.0. The Hall–Kier alpha value is -3.30. The van der Waals surface area contributed by atoms with Crippen molar-refractivity contribution < 1.29 is 0 Å². The van der Waals surface area contributed by atoms with E-state index < -0.39 is 0 Å². The molecule has 1 aliphatic rings. The van der Waals surface area contributed by atoms with Gasteiger partial charge in [-0.25, -0.2) is 0 Å². The predicted octanol–water partition coefficient (Wildman–Crippen LogP) is 1.36. The molecule has 29 heavy (non-hydrogen) atoms. The first-order valence-electron chi connectivity index (χ1n) is 9.80. The lowest BCUT2D eigenvalue weighted by atomic mass is 10.2. The fraction of sp³-hybridized carbons (Fsp3) is 0.474. The normalized spacial score (nSPS) is 14.5. The number of benzene rings is 1. The molecular formula is C19H26N10. The highest BCUT2D eigenvalue weighted by molar-refractivity contribution is 5.44. The average Bonchev–Trinajstić information content (AvgIpc) is 3.24. The van der Waals surface area contributed by atoms with Crippen LogP contribution >= 0.6 is 0 Å². The first-order valence-corrected chi connectivity index (χ1v) is 9.80. The van der Waals surface area contributed by atoms with Crippen LogP contribution in [0.25, 0.3) is 5.69 Å². The van der Waals surface area contributed by atoms with Crippen LogP contribution < -0.4 is 14.7 Å². The van der Waals surface area contributed by atoms with Gasteiger partial charge in [-0.2, -0.15) is 19.6 Å². The van der Waals surface area contributed by atoms with Crippen LogP contribution in [0.15, 0.2) is 30.3 Å². The third-order valence-corrected chi connectivity index (χ3v) is 4.84. The molecule has 0 radical (unpaired) electrons. The smallest absolute Gasteiger partial charge is 0.250 e. The van der Waals surface area contributed by atoms with Gasteiger partial charge in [0.2, 0.25) is 17.8 Å². The van der Waals surface area contributed by atoms with Crippen LogP contribution in [0.4, 0.5) is 17.8 Å². The molecule has 0 unspecified atom stereocenters. The molecular weight excluding hydrogens is 368 g/mol. The number of para-hydroxylation sites is 1. The van der Waals surface area contributed by atoms with Crippen LogP contribution in [0.1, 0.15) is 25.6 Å². The van der Waals surface area contributed by atoms with Crippen LogP contribution in [0, 0.1) is 0 Å². The highest BCUT2D eigenvalue weighted by atomic mass is 15.6. The molecule has 0 saturated carbocycles. The standard InChI is InChI=1S/C19H26N10/c1-14(2)16-20-17(26(3)4)22-18(21-16)27-10-12-28(13-11-27)19-23-24-25-29(19)15-8-6-5-7-9-15/h5-9,14H,10-13H2,1-4H3. The molecule has 152 valence electrons. The van der Waals surface area contributed by atoms with Gasteiger partial charge in [0, 0.05) is 46.2 Å². The van der Waals surface area contributed by atoms with Crippen LogP contribution in [0.2, 0.25) is 0 Å². The molecule has 10 nitrogen and oxygen atoms in total. The van der Waals surface area contributed by atoms with Crippen molar-refractivity contribution >= 4 is 17.8 Å². The van der Waals surface area contributed by atoms with Crippen molar-refractivity contribution in [3.63, 3.8) is 0 Å². The number of hydrogen-bond donors (Lipinski definition) is 0. The summed E-state index contributed by atoms with van der Waals surface area (Å²) in [5.41, 5.74) is 0.949. The van der Waals surface area contributed by atoms with E-state index in [4.69, 9.17) is 4.98 Å². The minimum absolute atomic E-state index is 0.243. The van der Waals surface area contributed by atoms with E-state index in [1.165, 1.54) is 0 Å². The van der Waals surface area contributed by atoms with Gasteiger partial charge in [-0.3, -0.25) is 0 Å². The van der Waals surface area contributed by atoms with E-state index in [0.717, 1.165) is 49.6 Å². The lowest BCUT2D eigenvalue weighted by Gasteiger charge is -2.35. The second-order valence-corrected chi connectivity index (χ2v) is 7.54. The minimum Gasteiger partial charge on any atom is -0.347 e. The molecule has 0 atom stereocenters. The topological polar surface area (TPSA) is 92.0 Å². The summed E-state index contributed by atoms with van der Waals surface area (Å²) in [6.45, 7) is 7.34. The third kappa shape index (κ3) is 3.96. The molecule has 4 rings (SSSR count). The fourth-order valence-corrected chi connectivity index (χ4v) is 3.19. The van der Waals surface area contributed by atoms with Gasteiger partial charge < -0.3 is 14.7 Å². The van der Waals surface area contributed by atoms with Crippen LogP contribution in [0.3, 0.4) is 0 Å². The number of rotatable bonds is 5. The summed E-state index contributed by atoms with van der Waals surface area (Å²) in [6.07, 6.45) is 0. The summed E-state index contributed by atoms with van der Waals surface area (Å²) in [4.78, 5) is 20.2. The Bertz CT molecular complexity index is 918. The highest BCUT2D eigenvalue weighted by Gasteiger charge is 2.25. The summed E-state index contributed by atoms with van der Waals surface area (Å²) < 4.78 is 1.78. The zero-order valence-corrected chi connectivity index (χ0v) is 17.3. The quantitative estimate of drug-likeness (QED) is 0.636. The predicted molar refractivity (Wildman–Crippen MR) is 112 cm³/mol. The van der Waals surface area contributed by atoms with Gasteiger partial charge in [0.05, 0.1) is 5.69 Å². The third-order valence-electron chi connectivity index (χ3n) is 4.84. The largest absolute Gasteiger partial charge is 0.347 e. The van der Waals surface area contributed by atoms with Gasteiger partial charge in [-0.1, -0.05) is 37.1 Å². The number of nitrogens with zero attached hydrogens (tertiary/aromatic N) is 10. The Kier molecular flexibility index (Phi) is 5.24. The van der Waals surface area contributed by atoms with Crippen molar-refractivity contribution in [2.75, 3.05) is 55.0 Å². The molecule has 0 spiro atoms. The fourth-order valence-electron chi connectivity index (χ4n) is 3.19. The van der Waals surface area contributed by atoms with Crippen LogP contribution in [-0.4, -0.2) is 75.4 Å². The average molecular weight is 394 g/mol. The van der Waals surface area contributed by atoms with Gasteiger partial charge in [-0.05, 0) is 22.6 Å². The lowest BCUT2D eigenvalue weighted by molar-refractivity contribution is 0.614. The maximum Gasteiger partial charge on any atom is 0.250 e. The van der Waals surface area contributed by atoms with Gasteiger partial charge in [0.1, 0.15) is 5.82 Å². The molecule has 0 N–H and O–H groups in total. The van der Waals surface area contributed by atoms with Crippen LogP contribution in [0.5, 0.6) is 0 Å². The van der Waals surface area contributed by atoms with Crippen molar-refractivity contribution in [1.82, 2.24) is 35.2 Å². The highest BCUT2D eigenvalue weighted by Crippen LogP contribution is 2.21. The second-order valence-electron chi connectivity index (χ2n) is 7.54. The van der Waals surface area contributed by atoms with E-state index in [-0.39, 0.29) is 5.92 Å². The maximum atomic E-state index is 4.70. The van der Waals surface area contributed by atoms with Crippen molar-refractivity contribution in [3.8, 4) is 5.69 Å². The van der Waals surface area contributed by atoms with Gasteiger partial charge in [0.25, 0.3) is 0 Å². The Labute approximate surface area is 170 Å². The zero-order valence-electron chi connectivity index (χ0n) is 17.3. The Morgan fingerprint density at radius 1 is 0.897 bits per heavy atom. The molecule has 1 aliphatic heterocycles. The van der Waals surface area contributed by atoms with E-state index >= 15 is 0 Å². The molecule has 1 fully saturated rings. The molecule has 0 bridgehead atoms. The van der Waals surface area contributed by atoms with Gasteiger partial charge in [0.15, 0.2) is 0 Å². The number of aromatic nitrogens is 7. The Morgan fingerprint density at radius 3 is 2.24 bits per heavy atom. The number of tetrazole rings is 1. The SMILES string of the molecule is CC(C)c1nc(N(C)C)nc(N2CCN(c3nnnn3-c3ccccc3)CC2)n1. The molecule has 0 amide bonds. The number of anilines is 3. The Balaban J connectivity index is 1.52. The van der Waals surface area contributed by atoms with E-state index in [1.54, 1.807) is 4.68 Å². The van der Waals surface area contributed by atoms with Crippen LogP contribution in [-0.2, 0) is 0 Å². The maximum absolute atomic E-state index is 4.70. The summed E-state index contributed by atoms with van der Waals surface area (Å²) in [6, 6.07) is 9.94. The van der Waals surface area contributed by atoms with E-state index in [1.807, 2.05) is 49.3 Å². The first-order chi connectivity index (χ1) is 14.0. The van der Waals surface area contributed by atoms with E-state index in [9.17, 15) is 0 Å². The molecule has 1 saturated heterocycles. The molecule has 0 aliphatic carbocycles. The van der Waals surface area contributed by atoms with Crippen molar-refractivity contribution in [2.24, 2.45) is 0 Å². The molecule has 3 heterocycles. The summed E-state index contributed by atoms with van der Waals surface area (Å²) in [5.74, 6) is 3.23. The van der Waals surface area contributed by atoms with Crippen molar-refractivity contribution in [2.45, 2.75) is 19.8 Å². The molecule has 10 heteroatoms. The van der Waals surface area contributed by atoms with E-state index in [0.29, 0.717) is 5.95 Å². The summed E-state index contributed by atoms with van der Waals surface area (Å²) >= 11 is 0. The second kappa shape index (κ2) is 7.98.